The van der Waals surface area contributed by atoms with Gasteiger partial charge < -0.3 is 14.2 Å². The summed E-state index contributed by atoms with van der Waals surface area (Å²) in [4.78, 5) is 0. The normalized spacial score (nSPS) is 24.6. The second-order valence-corrected chi connectivity index (χ2v) is 3.64. The minimum absolute atomic E-state index is 0.143. The fourth-order valence-corrected chi connectivity index (χ4v) is 1.71. The molecule has 1 heterocycles. The van der Waals surface area contributed by atoms with Crippen molar-refractivity contribution in [3.05, 3.63) is 11.8 Å². The molecule has 0 aromatic carbocycles. The van der Waals surface area contributed by atoms with Crippen LogP contribution < -0.4 is 0 Å². The van der Waals surface area contributed by atoms with Crippen LogP contribution in [0.15, 0.2) is 11.8 Å². The Balaban J connectivity index is 2.57. The quantitative estimate of drug-likeness (QED) is 0.638. The van der Waals surface area contributed by atoms with Crippen molar-refractivity contribution in [2.24, 2.45) is 5.92 Å². The van der Waals surface area contributed by atoms with E-state index in [0.717, 1.165) is 18.6 Å². The number of rotatable bonds is 5. The average molecular weight is 200 g/mol. The van der Waals surface area contributed by atoms with Gasteiger partial charge in [-0.25, -0.2) is 0 Å². The van der Waals surface area contributed by atoms with Crippen LogP contribution in [-0.4, -0.2) is 20.2 Å². The van der Waals surface area contributed by atoms with Crippen molar-refractivity contribution in [1.82, 2.24) is 0 Å². The highest BCUT2D eigenvalue weighted by Gasteiger charge is 2.43. The van der Waals surface area contributed by atoms with Gasteiger partial charge in [0.25, 0.3) is 0 Å². The molecule has 0 saturated carbocycles. The van der Waals surface area contributed by atoms with Crippen molar-refractivity contribution < 1.29 is 14.2 Å². The van der Waals surface area contributed by atoms with E-state index in [0.29, 0.717) is 0 Å². The van der Waals surface area contributed by atoms with Crippen molar-refractivity contribution in [1.29, 1.82) is 0 Å². The molecule has 82 valence electrons. The lowest BCUT2D eigenvalue weighted by Gasteiger charge is -2.29. The molecule has 1 atom stereocenters. The van der Waals surface area contributed by atoms with Gasteiger partial charge in [-0.15, -0.1) is 0 Å². The lowest BCUT2D eigenvalue weighted by atomic mass is 10.1. The Morgan fingerprint density at radius 1 is 1.43 bits per heavy atom. The fourth-order valence-electron chi connectivity index (χ4n) is 1.71. The van der Waals surface area contributed by atoms with E-state index in [2.05, 4.69) is 13.0 Å². The molecule has 0 spiro atoms. The van der Waals surface area contributed by atoms with Gasteiger partial charge in [0, 0.05) is 20.6 Å². The van der Waals surface area contributed by atoms with Gasteiger partial charge in [-0.3, -0.25) is 0 Å². The Morgan fingerprint density at radius 2 is 2.07 bits per heavy atom. The van der Waals surface area contributed by atoms with E-state index in [1.165, 1.54) is 6.42 Å². The zero-order valence-electron chi connectivity index (χ0n) is 9.50. The highest BCUT2D eigenvalue weighted by atomic mass is 16.9. The first-order valence-electron chi connectivity index (χ1n) is 5.18. The maximum atomic E-state index is 5.68. The summed E-state index contributed by atoms with van der Waals surface area (Å²) in [7, 11) is 3.22. The minimum atomic E-state index is -0.886. The number of unbranched alkanes of at least 4 members (excludes halogenated alkanes) is 1. The molecule has 0 saturated heterocycles. The van der Waals surface area contributed by atoms with Gasteiger partial charge in [0.2, 0.25) is 0 Å². The number of hydrogen-bond donors (Lipinski definition) is 0. The smallest absolute Gasteiger partial charge is 0.332 e. The summed E-state index contributed by atoms with van der Waals surface area (Å²) in [6, 6.07) is 0. The third-order valence-electron chi connectivity index (χ3n) is 2.61. The monoisotopic (exact) mass is 200 g/mol. The first-order chi connectivity index (χ1) is 6.68. The molecule has 1 aliphatic rings. The van der Waals surface area contributed by atoms with Gasteiger partial charge in [0.1, 0.15) is 0 Å². The highest BCUT2D eigenvalue weighted by molar-refractivity contribution is 5.06. The van der Waals surface area contributed by atoms with E-state index < -0.39 is 5.97 Å². The van der Waals surface area contributed by atoms with Crippen molar-refractivity contribution in [3.63, 3.8) is 0 Å². The van der Waals surface area contributed by atoms with Crippen LogP contribution in [0.4, 0.5) is 0 Å². The topological polar surface area (TPSA) is 27.7 Å². The van der Waals surface area contributed by atoms with Gasteiger partial charge in [-0.1, -0.05) is 13.3 Å². The van der Waals surface area contributed by atoms with E-state index in [1.54, 1.807) is 14.2 Å². The third kappa shape index (κ3) is 2.10. The first kappa shape index (κ1) is 11.5. The SMILES string of the molecule is CCCCC1=CC(C)C(OC)(OC)O1. The molecule has 0 aromatic rings. The van der Waals surface area contributed by atoms with Gasteiger partial charge in [0.05, 0.1) is 11.7 Å². The maximum absolute atomic E-state index is 5.68. The summed E-state index contributed by atoms with van der Waals surface area (Å²) < 4.78 is 16.2. The van der Waals surface area contributed by atoms with Crippen LogP contribution in [0, 0.1) is 5.92 Å². The maximum Gasteiger partial charge on any atom is 0.332 e. The highest BCUT2D eigenvalue weighted by Crippen LogP contribution is 2.36. The Kier molecular flexibility index (Phi) is 3.96. The van der Waals surface area contributed by atoms with E-state index in [4.69, 9.17) is 14.2 Å². The van der Waals surface area contributed by atoms with Crippen molar-refractivity contribution >= 4 is 0 Å². The van der Waals surface area contributed by atoms with E-state index in [9.17, 15) is 0 Å². The minimum Gasteiger partial charge on any atom is -0.443 e. The standard InChI is InChI=1S/C11H20O3/c1-5-6-7-10-8-9(2)11(12-3,13-4)14-10/h8-9H,5-7H2,1-4H3. The van der Waals surface area contributed by atoms with Crippen molar-refractivity contribution in [3.8, 4) is 0 Å². The summed E-state index contributed by atoms with van der Waals surface area (Å²) in [6.07, 6.45) is 5.36. The first-order valence-corrected chi connectivity index (χ1v) is 5.18. The summed E-state index contributed by atoms with van der Waals surface area (Å²) >= 11 is 0. The summed E-state index contributed by atoms with van der Waals surface area (Å²) in [5.41, 5.74) is 0. The van der Waals surface area contributed by atoms with E-state index in [1.807, 2.05) is 6.92 Å². The fraction of sp³-hybridized carbons (Fsp3) is 0.818. The second-order valence-electron chi connectivity index (χ2n) is 3.64. The van der Waals surface area contributed by atoms with Crippen LogP contribution in [0.3, 0.4) is 0 Å². The molecule has 1 rings (SSSR count). The van der Waals surface area contributed by atoms with Gasteiger partial charge in [0.15, 0.2) is 0 Å². The molecule has 0 aromatic heterocycles. The Bertz CT molecular complexity index is 207. The molecule has 3 heteroatoms. The van der Waals surface area contributed by atoms with E-state index >= 15 is 0 Å². The number of allylic oxidation sites excluding steroid dienone is 1. The Morgan fingerprint density at radius 3 is 2.50 bits per heavy atom. The summed E-state index contributed by atoms with van der Waals surface area (Å²) in [5.74, 6) is 0.246. The molecular formula is C11H20O3. The number of ether oxygens (including phenoxy) is 3. The van der Waals surface area contributed by atoms with Crippen LogP contribution in [0.5, 0.6) is 0 Å². The summed E-state index contributed by atoms with van der Waals surface area (Å²) in [6.45, 7) is 4.20. The van der Waals surface area contributed by atoms with Crippen LogP contribution >= 0.6 is 0 Å². The summed E-state index contributed by atoms with van der Waals surface area (Å²) in [5, 5.41) is 0. The Hall–Kier alpha value is -0.540. The predicted molar refractivity (Wildman–Crippen MR) is 54.6 cm³/mol. The lowest BCUT2D eigenvalue weighted by molar-refractivity contribution is -0.353. The van der Waals surface area contributed by atoms with Crippen molar-refractivity contribution in [2.45, 2.75) is 39.1 Å². The number of methoxy groups -OCH3 is 2. The zero-order chi connectivity index (χ0) is 10.6. The predicted octanol–water partition coefficient (Wildman–Crippen LogP) is 2.67. The number of hydrogen-bond acceptors (Lipinski definition) is 3. The molecule has 0 fully saturated rings. The molecule has 0 radical (unpaired) electrons. The second kappa shape index (κ2) is 4.80. The van der Waals surface area contributed by atoms with Crippen LogP contribution in [0.25, 0.3) is 0 Å². The van der Waals surface area contributed by atoms with Crippen molar-refractivity contribution in [2.75, 3.05) is 14.2 Å². The molecule has 0 amide bonds. The van der Waals surface area contributed by atoms with Crippen LogP contribution in [-0.2, 0) is 14.2 Å². The average Bonchev–Trinajstić information content (AvgIpc) is 2.53. The molecule has 0 bridgehead atoms. The van der Waals surface area contributed by atoms with E-state index in [-0.39, 0.29) is 5.92 Å². The van der Waals surface area contributed by atoms with Gasteiger partial charge in [-0.2, -0.15) is 0 Å². The van der Waals surface area contributed by atoms with Gasteiger partial charge in [-0.05, 0) is 19.4 Å². The van der Waals surface area contributed by atoms with Crippen LogP contribution in [0.2, 0.25) is 0 Å². The molecule has 1 aliphatic heterocycles. The van der Waals surface area contributed by atoms with Crippen LogP contribution in [0.1, 0.15) is 33.1 Å². The molecule has 3 nitrogen and oxygen atoms in total. The zero-order valence-corrected chi connectivity index (χ0v) is 9.50. The molecule has 14 heavy (non-hydrogen) atoms. The largest absolute Gasteiger partial charge is 0.443 e. The third-order valence-corrected chi connectivity index (χ3v) is 2.61. The molecule has 0 N–H and O–H groups in total. The molecule has 0 aliphatic carbocycles. The van der Waals surface area contributed by atoms with Gasteiger partial charge >= 0.3 is 5.97 Å². The molecule has 1 unspecified atom stereocenters. The lowest BCUT2D eigenvalue weighted by Crippen LogP contribution is -2.38. The molecular weight excluding hydrogens is 180 g/mol. The Labute approximate surface area is 86.0 Å².